The molecule has 2 heterocycles. The number of likely N-dealkylation sites (tertiary alicyclic amines) is 1. The molecule has 1 fully saturated rings. The second-order valence-electron chi connectivity index (χ2n) is 10.1. The van der Waals surface area contributed by atoms with E-state index in [2.05, 4.69) is 21.9 Å². The number of nitrogens with zero attached hydrogens (tertiary/aromatic N) is 2. The van der Waals surface area contributed by atoms with Gasteiger partial charge in [0.15, 0.2) is 0 Å². The first kappa shape index (κ1) is 29.0. The Hall–Kier alpha value is -4.02. The van der Waals surface area contributed by atoms with Gasteiger partial charge in [0.1, 0.15) is 10.9 Å². The first-order valence-electron chi connectivity index (χ1n) is 13.3. The number of amides is 2. The Morgan fingerprint density at radius 1 is 1.07 bits per heavy atom. The first-order chi connectivity index (χ1) is 19.1. The van der Waals surface area contributed by atoms with Crippen molar-refractivity contribution in [3.63, 3.8) is 0 Å². The molecule has 1 aromatic heterocycles. The molecule has 210 valence electrons. The number of nitrogens with one attached hydrogen (secondary N) is 2. The minimum Gasteiger partial charge on any atom is -0.397 e. The normalized spacial score (nSPS) is 15.2. The van der Waals surface area contributed by atoms with Crippen molar-refractivity contribution in [2.75, 3.05) is 24.1 Å². The number of carbonyl (C=O) groups is 2. The van der Waals surface area contributed by atoms with Gasteiger partial charge in [0.2, 0.25) is 21.8 Å². The number of nitrogen functional groups attached to an aromatic ring is 1. The summed E-state index contributed by atoms with van der Waals surface area (Å²) in [5.74, 6) is -0.184. The number of piperidine rings is 1. The average Bonchev–Trinajstić information content (AvgIpc) is 2.94. The molecular weight excluding hydrogens is 526 g/mol. The molecular formula is C30H35N5O4S. The zero-order valence-corrected chi connectivity index (χ0v) is 23.5. The van der Waals surface area contributed by atoms with Crippen LogP contribution in [-0.4, -0.2) is 49.2 Å². The molecule has 0 unspecified atom stereocenters. The summed E-state index contributed by atoms with van der Waals surface area (Å²) >= 11 is 0. The van der Waals surface area contributed by atoms with Crippen LogP contribution in [0.25, 0.3) is 17.2 Å². The number of rotatable bonds is 9. The number of anilines is 2. The quantitative estimate of drug-likeness (QED) is 0.357. The van der Waals surface area contributed by atoms with E-state index in [1.165, 1.54) is 19.2 Å². The Balaban J connectivity index is 1.67. The summed E-state index contributed by atoms with van der Waals surface area (Å²) in [4.78, 5) is 31.6. The van der Waals surface area contributed by atoms with Crippen molar-refractivity contribution in [3.05, 3.63) is 78.6 Å². The van der Waals surface area contributed by atoms with Crippen molar-refractivity contribution in [3.8, 4) is 11.1 Å². The molecule has 40 heavy (non-hydrogen) atoms. The third kappa shape index (κ3) is 7.34. The van der Waals surface area contributed by atoms with Gasteiger partial charge in [-0.2, -0.15) is 4.72 Å². The van der Waals surface area contributed by atoms with Gasteiger partial charge in [-0.25, -0.2) is 8.42 Å². The Kier molecular flexibility index (Phi) is 9.34. The van der Waals surface area contributed by atoms with Gasteiger partial charge in [0.05, 0.1) is 23.3 Å². The molecule has 2 aromatic carbocycles. The maximum atomic E-state index is 13.9. The maximum absolute atomic E-state index is 13.9. The lowest BCUT2D eigenvalue weighted by molar-refractivity contribution is -0.134. The van der Waals surface area contributed by atoms with Crippen LogP contribution in [0, 0.1) is 5.92 Å². The van der Waals surface area contributed by atoms with E-state index in [-0.39, 0.29) is 22.9 Å². The summed E-state index contributed by atoms with van der Waals surface area (Å²) in [5.41, 5.74) is 8.34. The standard InChI is InChI=1S/C30H35N5O4S/c1-21-16-18-35(19-17-21)30(37)27(12-6-10-25-15-14-24(31)20-32-25)34-40(38,39)28-13-7-11-26(29(28)33-22(2)36)23-8-4-3-5-9-23/h3-11,13-15,20-21,27,34H,12,16-19,31H2,1-2H3,(H,33,36)/b10-6-/t27-/m0/s1. The number of sulfonamides is 1. The van der Waals surface area contributed by atoms with Crippen molar-refractivity contribution >= 4 is 39.3 Å². The van der Waals surface area contributed by atoms with Crippen LogP contribution < -0.4 is 15.8 Å². The van der Waals surface area contributed by atoms with Gasteiger partial charge in [-0.3, -0.25) is 14.6 Å². The van der Waals surface area contributed by atoms with Crippen LogP contribution in [0.3, 0.4) is 0 Å². The second kappa shape index (κ2) is 12.9. The monoisotopic (exact) mass is 561 g/mol. The Labute approximate surface area is 235 Å². The lowest BCUT2D eigenvalue weighted by atomic mass is 9.98. The van der Waals surface area contributed by atoms with Gasteiger partial charge < -0.3 is 16.0 Å². The van der Waals surface area contributed by atoms with Crippen LogP contribution in [0.15, 0.2) is 77.8 Å². The SMILES string of the molecule is CC(=O)Nc1c(-c2ccccc2)cccc1S(=O)(=O)N[C@@H](C/C=C\c1ccc(N)cn1)C(=O)N1CCC(C)CC1. The average molecular weight is 562 g/mol. The number of hydrogen-bond acceptors (Lipinski definition) is 6. The summed E-state index contributed by atoms with van der Waals surface area (Å²) in [6.07, 6.45) is 6.83. The molecule has 1 atom stereocenters. The molecule has 0 aliphatic carbocycles. The van der Waals surface area contributed by atoms with Crippen molar-refractivity contribution in [1.82, 2.24) is 14.6 Å². The third-order valence-electron chi connectivity index (χ3n) is 6.86. The van der Waals surface area contributed by atoms with E-state index in [0.717, 1.165) is 18.4 Å². The highest BCUT2D eigenvalue weighted by Gasteiger charge is 2.32. The Morgan fingerprint density at radius 2 is 1.80 bits per heavy atom. The first-order valence-corrected chi connectivity index (χ1v) is 14.8. The van der Waals surface area contributed by atoms with E-state index in [4.69, 9.17) is 5.73 Å². The fraction of sp³-hybridized carbons (Fsp3) is 0.300. The molecule has 0 saturated carbocycles. The van der Waals surface area contributed by atoms with Crippen molar-refractivity contribution in [2.24, 2.45) is 5.92 Å². The molecule has 1 aliphatic rings. The number of benzene rings is 2. The van der Waals surface area contributed by atoms with Gasteiger partial charge in [0.25, 0.3) is 0 Å². The Bertz CT molecular complexity index is 1470. The van der Waals surface area contributed by atoms with E-state index in [0.29, 0.717) is 36.0 Å². The molecule has 0 bridgehead atoms. The zero-order valence-electron chi connectivity index (χ0n) is 22.7. The van der Waals surface area contributed by atoms with E-state index >= 15 is 0 Å². The molecule has 2 amide bonds. The summed E-state index contributed by atoms with van der Waals surface area (Å²) in [5, 5.41) is 2.70. The number of nitrogens with two attached hydrogens (primary N) is 1. The fourth-order valence-corrected chi connectivity index (χ4v) is 6.04. The van der Waals surface area contributed by atoms with Gasteiger partial charge in [-0.15, -0.1) is 0 Å². The largest absolute Gasteiger partial charge is 0.397 e. The van der Waals surface area contributed by atoms with Crippen LogP contribution in [0.4, 0.5) is 11.4 Å². The Morgan fingerprint density at radius 3 is 2.45 bits per heavy atom. The van der Waals surface area contributed by atoms with Gasteiger partial charge in [0, 0.05) is 25.6 Å². The summed E-state index contributed by atoms with van der Waals surface area (Å²) < 4.78 is 30.4. The third-order valence-corrected chi connectivity index (χ3v) is 8.38. The van der Waals surface area contributed by atoms with Crippen molar-refractivity contribution < 1.29 is 18.0 Å². The molecule has 0 radical (unpaired) electrons. The highest BCUT2D eigenvalue weighted by molar-refractivity contribution is 7.89. The molecule has 1 aliphatic heterocycles. The van der Waals surface area contributed by atoms with Crippen molar-refractivity contribution in [1.29, 1.82) is 0 Å². The topological polar surface area (TPSA) is 134 Å². The number of para-hydroxylation sites is 1. The molecule has 1 saturated heterocycles. The predicted molar refractivity (Wildman–Crippen MR) is 158 cm³/mol. The van der Waals surface area contributed by atoms with E-state index in [1.807, 2.05) is 30.3 Å². The number of pyridine rings is 1. The van der Waals surface area contributed by atoms with E-state index in [9.17, 15) is 18.0 Å². The van der Waals surface area contributed by atoms with Crippen LogP contribution in [0.1, 0.15) is 38.8 Å². The van der Waals surface area contributed by atoms with Crippen LogP contribution in [-0.2, 0) is 19.6 Å². The van der Waals surface area contributed by atoms with E-state index in [1.54, 1.807) is 41.3 Å². The molecule has 4 N–H and O–H groups in total. The molecule has 4 rings (SSSR count). The number of hydrogen-bond donors (Lipinski definition) is 3. The molecule has 9 nitrogen and oxygen atoms in total. The van der Waals surface area contributed by atoms with Crippen LogP contribution in [0.2, 0.25) is 0 Å². The number of carbonyl (C=O) groups excluding carboxylic acids is 2. The molecule has 3 aromatic rings. The summed E-state index contributed by atoms with van der Waals surface area (Å²) in [7, 11) is -4.24. The smallest absolute Gasteiger partial charge is 0.243 e. The lowest BCUT2D eigenvalue weighted by Crippen LogP contribution is -2.50. The van der Waals surface area contributed by atoms with Crippen LogP contribution in [0.5, 0.6) is 0 Å². The zero-order chi connectivity index (χ0) is 28.7. The highest BCUT2D eigenvalue weighted by atomic mass is 32.2. The molecule has 10 heteroatoms. The summed E-state index contributed by atoms with van der Waals surface area (Å²) in [6.45, 7) is 4.61. The minimum absolute atomic E-state index is 0.113. The lowest BCUT2D eigenvalue weighted by Gasteiger charge is -2.33. The van der Waals surface area contributed by atoms with Gasteiger partial charge in [-0.05, 0) is 55.0 Å². The fourth-order valence-electron chi connectivity index (χ4n) is 4.66. The highest BCUT2D eigenvalue weighted by Crippen LogP contribution is 2.34. The van der Waals surface area contributed by atoms with E-state index < -0.39 is 22.0 Å². The van der Waals surface area contributed by atoms with Crippen molar-refractivity contribution in [2.45, 2.75) is 44.0 Å². The van der Waals surface area contributed by atoms with Gasteiger partial charge >= 0.3 is 0 Å². The minimum atomic E-state index is -4.24. The van der Waals surface area contributed by atoms with Gasteiger partial charge in [-0.1, -0.05) is 55.5 Å². The number of aromatic nitrogens is 1. The summed E-state index contributed by atoms with van der Waals surface area (Å²) in [6, 6.07) is 16.4. The van der Waals surface area contributed by atoms with Crippen LogP contribution >= 0.6 is 0 Å². The maximum Gasteiger partial charge on any atom is 0.243 e. The second-order valence-corrected chi connectivity index (χ2v) is 11.7. The molecule has 0 spiro atoms. The predicted octanol–water partition coefficient (Wildman–Crippen LogP) is 4.30.